The van der Waals surface area contributed by atoms with E-state index >= 15 is 0 Å². The third-order valence-electron chi connectivity index (χ3n) is 0.915. The number of rotatable bonds is 2. The lowest BCUT2D eigenvalue weighted by Gasteiger charge is -1.93. The summed E-state index contributed by atoms with van der Waals surface area (Å²) < 4.78 is 12.2. The molecule has 2 N–H and O–H groups in total. The lowest BCUT2D eigenvalue weighted by molar-refractivity contribution is 0.194. The van der Waals surface area contributed by atoms with E-state index in [0.29, 0.717) is 5.01 Å². The molecule has 0 unspecified atom stereocenters. The minimum absolute atomic E-state index is 0.0594. The van der Waals surface area contributed by atoms with E-state index in [4.69, 9.17) is 5.11 Å². The van der Waals surface area contributed by atoms with E-state index in [-0.39, 0.29) is 6.54 Å². The first kappa shape index (κ1) is 7.93. The van der Waals surface area contributed by atoms with Crippen LogP contribution in [0.3, 0.4) is 0 Å². The van der Waals surface area contributed by atoms with Crippen molar-refractivity contribution >= 4 is 17.4 Å². The van der Waals surface area contributed by atoms with Gasteiger partial charge in [-0.2, -0.15) is 4.39 Å². The van der Waals surface area contributed by atoms with Gasteiger partial charge in [-0.15, -0.1) is 11.3 Å². The van der Waals surface area contributed by atoms with Gasteiger partial charge in [-0.1, -0.05) is 0 Å². The van der Waals surface area contributed by atoms with Crippen LogP contribution in [-0.4, -0.2) is 16.2 Å². The number of carbonyl (C=O) groups is 1. The van der Waals surface area contributed by atoms with Gasteiger partial charge >= 0.3 is 6.09 Å². The Kier molecular flexibility index (Phi) is 2.37. The number of hydrogen-bond donors (Lipinski definition) is 2. The highest BCUT2D eigenvalue weighted by Crippen LogP contribution is 2.06. The fraction of sp³-hybridized carbons (Fsp3) is 0.200. The number of thiazole rings is 1. The first-order valence-corrected chi connectivity index (χ1v) is 3.63. The zero-order valence-electron chi connectivity index (χ0n) is 5.37. The Hall–Kier alpha value is -1.17. The van der Waals surface area contributed by atoms with Crippen molar-refractivity contribution in [2.45, 2.75) is 6.54 Å². The number of halogens is 1. The minimum atomic E-state index is -1.14. The van der Waals surface area contributed by atoms with Crippen molar-refractivity contribution in [3.8, 4) is 0 Å². The van der Waals surface area contributed by atoms with Crippen LogP contribution in [0.1, 0.15) is 5.01 Å². The van der Waals surface area contributed by atoms with Crippen molar-refractivity contribution in [3.05, 3.63) is 16.3 Å². The number of nitrogens with zero attached hydrogens (tertiary/aromatic N) is 1. The third-order valence-corrected chi connectivity index (χ3v) is 1.73. The quantitative estimate of drug-likeness (QED) is 0.707. The SMILES string of the molecule is O=C(O)NCc1nc(F)cs1. The number of aromatic nitrogens is 1. The van der Waals surface area contributed by atoms with Gasteiger partial charge in [-0.3, -0.25) is 0 Å². The van der Waals surface area contributed by atoms with Gasteiger partial charge in [-0.25, -0.2) is 9.78 Å². The summed E-state index contributed by atoms with van der Waals surface area (Å²) in [5.74, 6) is -0.572. The van der Waals surface area contributed by atoms with Crippen LogP contribution in [0.4, 0.5) is 9.18 Å². The molecule has 0 aromatic carbocycles. The highest BCUT2D eigenvalue weighted by atomic mass is 32.1. The van der Waals surface area contributed by atoms with Crippen molar-refractivity contribution in [2.24, 2.45) is 0 Å². The lowest BCUT2D eigenvalue weighted by Crippen LogP contribution is -2.19. The van der Waals surface area contributed by atoms with Gasteiger partial charge in [0.15, 0.2) is 0 Å². The van der Waals surface area contributed by atoms with Crippen molar-refractivity contribution in [1.29, 1.82) is 0 Å². The molecule has 0 aliphatic heterocycles. The summed E-state index contributed by atoms with van der Waals surface area (Å²) in [6.07, 6.45) is -1.14. The summed E-state index contributed by atoms with van der Waals surface area (Å²) in [6, 6.07) is 0. The van der Waals surface area contributed by atoms with Crippen LogP contribution in [0.2, 0.25) is 0 Å². The van der Waals surface area contributed by atoms with E-state index in [0.717, 1.165) is 11.3 Å². The molecule has 0 radical (unpaired) electrons. The van der Waals surface area contributed by atoms with Crippen LogP contribution in [-0.2, 0) is 6.54 Å². The normalized spacial score (nSPS) is 9.55. The molecular formula is C5H5FN2O2S. The van der Waals surface area contributed by atoms with Gasteiger partial charge in [0.2, 0.25) is 5.95 Å². The van der Waals surface area contributed by atoms with Crippen LogP contribution in [0.15, 0.2) is 5.38 Å². The Morgan fingerprint density at radius 3 is 3.09 bits per heavy atom. The van der Waals surface area contributed by atoms with E-state index in [1.54, 1.807) is 0 Å². The molecule has 11 heavy (non-hydrogen) atoms. The fourth-order valence-corrected chi connectivity index (χ4v) is 1.10. The van der Waals surface area contributed by atoms with Crippen LogP contribution in [0, 0.1) is 5.95 Å². The molecule has 4 nitrogen and oxygen atoms in total. The third kappa shape index (κ3) is 2.50. The van der Waals surface area contributed by atoms with Crippen molar-refractivity contribution < 1.29 is 14.3 Å². The second-order valence-corrected chi connectivity index (χ2v) is 2.67. The molecule has 1 heterocycles. The summed E-state index contributed by atoms with van der Waals surface area (Å²) in [7, 11) is 0. The fourth-order valence-electron chi connectivity index (χ4n) is 0.521. The predicted octanol–water partition coefficient (Wildman–Crippen LogP) is 1.05. The maximum atomic E-state index is 12.2. The number of amides is 1. The monoisotopic (exact) mass is 176 g/mol. The average Bonchev–Trinajstić information content (AvgIpc) is 2.31. The lowest BCUT2D eigenvalue weighted by atomic mass is 10.7. The van der Waals surface area contributed by atoms with Gasteiger partial charge in [0, 0.05) is 5.38 Å². The van der Waals surface area contributed by atoms with E-state index in [1.165, 1.54) is 5.38 Å². The zero-order chi connectivity index (χ0) is 8.27. The smallest absolute Gasteiger partial charge is 0.405 e. The summed E-state index contributed by atoms with van der Waals surface area (Å²) in [5, 5.41) is 11.9. The molecule has 0 saturated heterocycles. The number of carboxylic acid groups (broad SMARTS) is 1. The Bertz CT molecular complexity index is 263. The van der Waals surface area contributed by atoms with E-state index < -0.39 is 12.0 Å². The number of nitrogens with one attached hydrogen (secondary N) is 1. The van der Waals surface area contributed by atoms with E-state index in [2.05, 4.69) is 10.3 Å². The Morgan fingerprint density at radius 2 is 2.64 bits per heavy atom. The van der Waals surface area contributed by atoms with Gasteiger partial charge in [0.05, 0.1) is 6.54 Å². The Balaban J connectivity index is 2.45. The zero-order valence-corrected chi connectivity index (χ0v) is 6.19. The highest BCUT2D eigenvalue weighted by Gasteiger charge is 2.01. The minimum Gasteiger partial charge on any atom is -0.465 e. The summed E-state index contributed by atoms with van der Waals surface area (Å²) >= 11 is 1.08. The maximum absolute atomic E-state index is 12.2. The molecule has 0 aliphatic rings. The summed E-state index contributed by atoms with van der Waals surface area (Å²) in [6.45, 7) is 0.0594. The molecule has 0 atom stereocenters. The molecule has 0 fully saturated rings. The largest absolute Gasteiger partial charge is 0.465 e. The molecule has 6 heteroatoms. The molecule has 60 valence electrons. The maximum Gasteiger partial charge on any atom is 0.405 e. The molecule has 1 rings (SSSR count). The van der Waals surface area contributed by atoms with E-state index in [1.807, 2.05) is 0 Å². The van der Waals surface area contributed by atoms with Gasteiger partial charge in [0.25, 0.3) is 0 Å². The molecule has 1 amide bonds. The second kappa shape index (κ2) is 3.29. The standard InChI is InChI=1S/C5H5FN2O2S/c6-3-2-11-4(8-3)1-7-5(9)10/h2,7H,1H2,(H,9,10). The van der Waals surface area contributed by atoms with Crippen molar-refractivity contribution in [1.82, 2.24) is 10.3 Å². The molecular weight excluding hydrogens is 171 g/mol. The topological polar surface area (TPSA) is 62.2 Å². The van der Waals surface area contributed by atoms with Crippen molar-refractivity contribution in [2.75, 3.05) is 0 Å². The Labute approximate surface area is 65.7 Å². The molecule has 1 aromatic heterocycles. The number of hydrogen-bond acceptors (Lipinski definition) is 3. The molecule has 1 aromatic rings. The molecule has 0 spiro atoms. The van der Waals surface area contributed by atoms with Crippen molar-refractivity contribution in [3.63, 3.8) is 0 Å². The van der Waals surface area contributed by atoms with E-state index in [9.17, 15) is 9.18 Å². The molecule has 0 saturated carbocycles. The van der Waals surface area contributed by atoms with Gasteiger partial charge in [-0.05, 0) is 0 Å². The van der Waals surface area contributed by atoms with Crippen LogP contribution in [0.25, 0.3) is 0 Å². The molecule has 0 aliphatic carbocycles. The average molecular weight is 176 g/mol. The Morgan fingerprint density at radius 1 is 1.91 bits per heavy atom. The van der Waals surface area contributed by atoms with Gasteiger partial charge in [0.1, 0.15) is 5.01 Å². The first-order valence-electron chi connectivity index (χ1n) is 2.75. The summed E-state index contributed by atoms with van der Waals surface area (Å²) in [5.41, 5.74) is 0. The predicted molar refractivity (Wildman–Crippen MR) is 36.9 cm³/mol. The van der Waals surface area contributed by atoms with Crippen LogP contribution in [0.5, 0.6) is 0 Å². The highest BCUT2D eigenvalue weighted by molar-refractivity contribution is 7.09. The van der Waals surface area contributed by atoms with Crippen LogP contribution < -0.4 is 5.32 Å². The van der Waals surface area contributed by atoms with Gasteiger partial charge < -0.3 is 10.4 Å². The molecule has 0 bridgehead atoms. The van der Waals surface area contributed by atoms with Crippen LogP contribution >= 0.6 is 11.3 Å². The summed E-state index contributed by atoms with van der Waals surface area (Å²) in [4.78, 5) is 13.4. The first-order chi connectivity index (χ1) is 5.18. The second-order valence-electron chi connectivity index (χ2n) is 1.72.